The first-order valence-electron chi connectivity index (χ1n) is 30.4. The quantitative estimate of drug-likeness (QED) is 0.00719. The number of amides is 7. The number of hydrogen-bond donors (Lipinski definition) is 15. The van der Waals surface area contributed by atoms with Gasteiger partial charge in [0.05, 0.1) is 43.2 Å². The van der Waals surface area contributed by atoms with Gasteiger partial charge in [0.25, 0.3) is 24.2 Å². The van der Waals surface area contributed by atoms with E-state index in [1.807, 2.05) is 24.3 Å². The molecular weight excluding hydrogens is 1290 g/mol. The number of phenolic OH excluding ortho intramolecular Hbond substituents is 1. The molecule has 3 aliphatic rings. The third-order valence-corrected chi connectivity index (χ3v) is 17.3. The number of carbonyl (C=O) groups is 7. The number of aromatic hydroxyl groups is 1. The average Bonchev–Trinajstić information content (AvgIpc) is 1.69. The van der Waals surface area contributed by atoms with Gasteiger partial charge < -0.3 is 91.5 Å². The van der Waals surface area contributed by atoms with Crippen molar-refractivity contribution < 1.29 is 97.6 Å². The predicted molar refractivity (Wildman–Crippen MR) is 338 cm³/mol. The maximum Gasteiger partial charge on any atom is 0.261 e. The number of unbranched alkanes of at least 4 members (excludes halogenated alkanes) is 4. The summed E-state index contributed by atoms with van der Waals surface area (Å²) >= 11 is 1.35. The molecule has 7 rings (SSSR count). The Bertz CT molecular complexity index is 3330. The van der Waals surface area contributed by atoms with Crippen LogP contribution in [-0.2, 0) is 49.3 Å². The van der Waals surface area contributed by atoms with Gasteiger partial charge in [0.2, 0.25) is 35.4 Å². The molecule has 0 unspecified atom stereocenters. The number of phenols is 1. The second-order valence-corrected chi connectivity index (χ2v) is 24.4. The number of methoxy groups -OCH3 is 1. The molecule has 0 bridgehead atoms. The Labute approximate surface area is 553 Å². The molecule has 33 nitrogen and oxygen atoms in total. The molecule has 0 radical (unpaired) electrons. The van der Waals surface area contributed by atoms with Crippen molar-refractivity contribution in [3.63, 3.8) is 0 Å². The minimum absolute atomic E-state index is 0.00451. The Kier molecular flexibility index (Phi) is 28.0. The zero-order valence-electron chi connectivity index (χ0n) is 52.0. The Balaban J connectivity index is 1.17. The number of rotatable bonds is 25. The smallest absolute Gasteiger partial charge is 0.261 e. The maximum atomic E-state index is 14.9. The molecule has 0 aliphatic carbocycles. The number of benzene rings is 3. The number of fused-ring (bicyclic) bond motifs is 2. The van der Waals surface area contributed by atoms with Crippen molar-refractivity contribution in [3.8, 4) is 38.4 Å². The van der Waals surface area contributed by atoms with Crippen LogP contribution in [0.4, 0.5) is 0 Å². The lowest BCUT2D eigenvalue weighted by Gasteiger charge is -2.34. The predicted octanol–water partition coefficient (Wildman–Crippen LogP) is -1.01. The number of aliphatic hydroxyl groups is 6. The fraction of sp³-hybridized carbons (Fsp3) is 0.517. The number of nitrogens with two attached hydrogens (primary N) is 1. The largest absolute Gasteiger partial charge is 0.504 e. The van der Waals surface area contributed by atoms with E-state index < -0.39 is 165 Å². The highest BCUT2D eigenvalue weighted by molar-refractivity contribution is 7.90. The van der Waals surface area contributed by atoms with Crippen LogP contribution in [0.2, 0.25) is 0 Å². The van der Waals surface area contributed by atoms with Gasteiger partial charge in [0.1, 0.15) is 52.0 Å². The van der Waals surface area contributed by atoms with E-state index in [0.717, 1.165) is 73.1 Å². The van der Waals surface area contributed by atoms with Crippen molar-refractivity contribution in [1.82, 2.24) is 52.0 Å². The molecular formula is C60H79N13O20S2. The summed E-state index contributed by atoms with van der Waals surface area (Å²) in [6, 6.07) is 5.55. The molecule has 0 spiro atoms. The van der Waals surface area contributed by atoms with Gasteiger partial charge in [-0.2, -0.15) is 11.5 Å². The molecule has 4 aromatic rings. The molecule has 3 saturated heterocycles. The number of ether oxygens (including phenoxy) is 2. The molecule has 0 saturated carbocycles. The SMILES string of the molecule is [C-]#[N+]NC(N)=NCC[C@@H](O)[C@@H]1NC(=O)[C@H]([C@H](O)Cc2ccc(O)c(OSOOO)c2)NC(=O)[C@@H]2C[C@H](O)CN2C(=O)[C@H]([C@H](C)O)NC(=O)[C@@H](NC(=O)c2ccc(-c3nnc(-c4ccc(OCCCCCCCOC)cc4)s3)cc2)C[C@H](O)CNC(=O)[C@@H]2[C@@H](O)[C@H](C)CN2C1=O. The highest BCUT2D eigenvalue weighted by atomic mass is 32.2. The number of hydrogen-bond acceptors (Lipinski definition) is 25. The van der Waals surface area contributed by atoms with Crippen LogP contribution in [0.15, 0.2) is 71.7 Å². The van der Waals surface area contributed by atoms with Crippen LogP contribution in [0.1, 0.15) is 81.1 Å². The molecule has 1 aromatic heterocycles. The lowest BCUT2D eigenvalue weighted by Crippen LogP contribution is -2.64. The Morgan fingerprint density at radius 1 is 0.811 bits per heavy atom. The maximum absolute atomic E-state index is 14.9. The van der Waals surface area contributed by atoms with E-state index in [1.165, 1.54) is 36.5 Å². The molecule has 3 aromatic carbocycles. The molecule has 516 valence electrons. The van der Waals surface area contributed by atoms with Crippen LogP contribution in [0.25, 0.3) is 26.1 Å². The van der Waals surface area contributed by atoms with Crippen molar-refractivity contribution >= 4 is 71.0 Å². The number of guanidine groups is 1. The molecule has 95 heavy (non-hydrogen) atoms. The number of carbonyl (C=O) groups excluding carboxylic acids is 7. The zero-order chi connectivity index (χ0) is 68.9. The number of nitrogens with one attached hydrogen (secondary N) is 6. The summed E-state index contributed by atoms with van der Waals surface area (Å²) in [7, 11) is 1.69. The normalized spacial score (nSPS) is 24.3. The van der Waals surface area contributed by atoms with Gasteiger partial charge >= 0.3 is 0 Å². The average molecular weight is 1370 g/mol. The van der Waals surface area contributed by atoms with Crippen LogP contribution in [-0.4, -0.2) is 228 Å². The Morgan fingerprint density at radius 2 is 1.45 bits per heavy atom. The third-order valence-electron chi connectivity index (χ3n) is 16.0. The minimum Gasteiger partial charge on any atom is -0.504 e. The molecule has 4 heterocycles. The third kappa shape index (κ3) is 20.6. The number of aliphatic imine (C=N–C) groups is 1. The van der Waals surface area contributed by atoms with Gasteiger partial charge in [-0.25, -0.2) is 10.2 Å². The number of aliphatic hydroxyl groups excluding tert-OH is 6. The lowest BCUT2D eigenvalue weighted by atomic mass is 9.98. The van der Waals surface area contributed by atoms with E-state index in [9.17, 15) is 69.3 Å². The van der Waals surface area contributed by atoms with Gasteiger partial charge in [0, 0.05) is 81.8 Å². The van der Waals surface area contributed by atoms with Crippen molar-refractivity contribution in [2.24, 2.45) is 16.6 Å². The summed E-state index contributed by atoms with van der Waals surface area (Å²) in [5.74, 6) is -9.38. The highest BCUT2D eigenvalue weighted by Gasteiger charge is 2.50. The Hall–Kier alpha value is -8.38. The standard InChI is InChI=1S/C60H79N13O20S2/c1-31-29-73-49(50(31)80)55(85)64-28-37(75)26-40(65-51(81)34-11-13-35(14-12-34)56-69-70-57(94-56)36-15-17-39(18-16-36)90-23-9-7-5-6-8-22-89-4)52(82)66-46(32(2)74)58(86)72-30-38(76)27-41(72)53(83)67-47(44(79)24-33-10-19-42(77)45(25-33)91-95-93-92-88)54(84)68-48(59(73)87)43(78)20-21-63-60(61)71-62-3/h10-19,25,31-32,37-38,40-41,43-44,46-50,74-80,88H,5-9,20-24,26-30H2,1-2,4H3,(H,64,85)(H,65,81)(H,66,82)(H,67,83)(H,68,84)(H3,61,63,71)/t31-,32+,37+,38+,40+,41+,43-,44-,46+,47+,48+,49+,50+/m1/s1. The molecule has 16 N–H and O–H groups in total. The van der Waals surface area contributed by atoms with Crippen LogP contribution in [0, 0.1) is 12.5 Å². The van der Waals surface area contributed by atoms with Crippen molar-refractivity contribution in [2.75, 3.05) is 46.5 Å². The van der Waals surface area contributed by atoms with E-state index in [4.69, 9.17) is 31.2 Å². The first-order chi connectivity index (χ1) is 45.5. The monoisotopic (exact) mass is 1370 g/mol. The first-order valence-corrected chi connectivity index (χ1v) is 31.9. The summed E-state index contributed by atoms with van der Waals surface area (Å²) in [6.07, 6.45) is -7.64. The molecule has 7 amide bonds. The van der Waals surface area contributed by atoms with Gasteiger partial charge in [-0.15, -0.1) is 10.2 Å². The molecule has 3 fully saturated rings. The van der Waals surface area contributed by atoms with E-state index in [0.29, 0.717) is 27.9 Å². The summed E-state index contributed by atoms with van der Waals surface area (Å²) in [6.45, 7) is 8.89. The van der Waals surface area contributed by atoms with Crippen molar-refractivity contribution in [3.05, 3.63) is 89.4 Å². The van der Waals surface area contributed by atoms with Crippen LogP contribution < -0.4 is 46.7 Å². The van der Waals surface area contributed by atoms with Crippen molar-refractivity contribution in [1.29, 1.82) is 0 Å². The lowest BCUT2D eigenvalue weighted by molar-refractivity contribution is -0.433. The van der Waals surface area contributed by atoms with Gasteiger partial charge in [-0.05, 0) is 80.3 Å². The first kappa shape index (κ1) is 74.0. The Morgan fingerprint density at radius 3 is 2.12 bits per heavy atom. The van der Waals surface area contributed by atoms with E-state index >= 15 is 0 Å². The van der Waals surface area contributed by atoms with Crippen molar-refractivity contribution in [2.45, 2.75) is 145 Å². The van der Waals surface area contributed by atoms with E-state index in [-0.39, 0.29) is 48.2 Å². The number of β-amino-alcohol motifs (C(OH)–C–C–N with tert-alkyl or cyclic N) is 1. The summed E-state index contributed by atoms with van der Waals surface area (Å²) in [5.41, 5.74) is 9.25. The second kappa shape index (κ2) is 35.9. The summed E-state index contributed by atoms with van der Waals surface area (Å²) in [4.78, 5) is 111. The second-order valence-electron chi connectivity index (χ2n) is 23.0. The zero-order valence-corrected chi connectivity index (χ0v) is 53.6. The number of nitrogens with zero attached hydrogens (tertiary/aromatic N) is 6. The topological polar surface area (TPSA) is 475 Å². The highest BCUT2D eigenvalue weighted by Crippen LogP contribution is 2.33. The minimum atomic E-state index is -2.17. The van der Waals surface area contributed by atoms with E-state index in [1.54, 1.807) is 19.2 Å². The van der Waals surface area contributed by atoms with Gasteiger partial charge in [-0.3, -0.25) is 33.6 Å². The fourth-order valence-corrected chi connectivity index (χ4v) is 12.0. The molecule has 35 heteroatoms. The summed E-state index contributed by atoms with van der Waals surface area (Å²) < 4.78 is 20.4. The van der Waals surface area contributed by atoms with Gasteiger partial charge in [0.15, 0.2) is 11.5 Å². The van der Waals surface area contributed by atoms with Crippen LogP contribution in [0.5, 0.6) is 17.2 Å². The number of aromatic nitrogens is 2. The van der Waals surface area contributed by atoms with Gasteiger partial charge in [-0.1, -0.05) is 70.5 Å². The van der Waals surface area contributed by atoms with E-state index in [2.05, 4.69) is 61.5 Å². The summed E-state index contributed by atoms with van der Waals surface area (Å²) in [5, 5.41) is 114. The van der Waals surface area contributed by atoms with Crippen LogP contribution in [0.3, 0.4) is 0 Å². The van der Waals surface area contributed by atoms with Crippen LogP contribution >= 0.6 is 23.7 Å². The molecule has 13 atom stereocenters. The molecule has 3 aliphatic heterocycles. The fourth-order valence-electron chi connectivity index (χ4n) is 10.9.